The van der Waals surface area contributed by atoms with E-state index in [9.17, 15) is 18.5 Å². The highest BCUT2D eigenvalue weighted by atomic mass is 79.9. The topological polar surface area (TPSA) is 103 Å². The number of nitrogens with one attached hydrogen (secondary N) is 1. The van der Waals surface area contributed by atoms with Crippen molar-refractivity contribution in [1.82, 2.24) is 4.31 Å². The summed E-state index contributed by atoms with van der Waals surface area (Å²) in [5.41, 5.74) is 2.06. The number of carbonyl (C=O) groups is 1. The van der Waals surface area contributed by atoms with Gasteiger partial charge in [0.15, 0.2) is 0 Å². The third-order valence-electron chi connectivity index (χ3n) is 5.70. The van der Waals surface area contributed by atoms with Gasteiger partial charge in [-0.2, -0.15) is 9.57 Å². The fourth-order valence-electron chi connectivity index (χ4n) is 3.63. The summed E-state index contributed by atoms with van der Waals surface area (Å²) in [5, 5.41) is 12.8. The van der Waals surface area contributed by atoms with Gasteiger partial charge in [-0.25, -0.2) is 8.42 Å². The monoisotopic (exact) mass is 623 g/mol. The molecule has 3 aromatic carbocycles. The molecule has 0 aliphatic heterocycles. The number of furan rings is 1. The first kappa shape index (κ1) is 28.3. The minimum absolute atomic E-state index is 0.0698. The summed E-state index contributed by atoms with van der Waals surface area (Å²) in [5.74, 6) is -0.00715. The van der Waals surface area contributed by atoms with Crippen molar-refractivity contribution in [3.63, 3.8) is 0 Å². The minimum Gasteiger partial charge on any atom is -0.460 e. The van der Waals surface area contributed by atoms with Crippen LogP contribution in [0.4, 0.5) is 5.69 Å². The van der Waals surface area contributed by atoms with Crippen LogP contribution in [-0.4, -0.2) is 18.6 Å². The molecular weight excluding hydrogens is 602 g/mol. The van der Waals surface area contributed by atoms with Crippen LogP contribution in [0.3, 0.4) is 0 Å². The maximum atomic E-state index is 13.6. The molecule has 0 atom stereocenters. The molecule has 0 radical (unpaired) electrons. The zero-order chi connectivity index (χ0) is 28.0. The van der Waals surface area contributed by atoms with Crippen molar-refractivity contribution >= 4 is 55.2 Å². The van der Waals surface area contributed by atoms with Gasteiger partial charge in [0.2, 0.25) is 10.0 Å². The number of halogens is 2. The second-order valence-electron chi connectivity index (χ2n) is 8.65. The van der Waals surface area contributed by atoms with Crippen molar-refractivity contribution in [3.05, 3.63) is 123 Å². The first-order valence-corrected chi connectivity index (χ1v) is 14.3. The number of sulfonamides is 1. The van der Waals surface area contributed by atoms with E-state index in [1.54, 1.807) is 84.9 Å². The molecule has 10 heteroatoms. The molecule has 198 valence electrons. The maximum Gasteiger partial charge on any atom is 0.266 e. The molecule has 0 aliphatic rings. The van der Waals surface area contributed by atoms with Gasteiger partial charge in [-0.05, 0) is 73.2 Å². The van der Waals surface area contributed by atoms with Crippen molar-refractivity contribution in [2.75, 3.05) is 5.32 Å². The zero-order valence-corrected chi connectivity index (χ0v) is 23.9. The second-order valence-corrected chi connectivity index (χ2v) is 11.9. The zero-order valence-electron chi connectivity index (χ0n) is 20.8. The lowest BCUT2D eigenvalue weighted by atomic mass is 10.2. The van der Waals surface area contributed by atoms with Gasteiger partial charge in [0, 0.05) is 27.8 Å². The van der Waals surface area contributed by atoms with Crippen LogP contribution < -0.4 is 5.32 Å². The van der Waals surface area contributed by atoms with Crippen LogP contribution in [0, 0.1) is 18.3 Å². The van der Waals surface area contributed by atoms with E-state index in [4.69, 9.17) is 16.0 Å². The third kappa shape index (κ3) is 7.46. The third-order valence-corrected chi connectivity index (χ3v) is 8.29. The van der Waals surface area contributed by atoms with Crippen molar-refractivity contribution in [3.8, 4) is 6.07 Å². The van der Waals surface area contributed by atoms with Gasteiger partial charge in [-0.3, -0.25) is 4.79 Å². The highest BCUT2D eigenvalue weighted by Crippen LogP contribution is 2.24. The molecule has 0 saturated heterocycles. The molecule has 0 aliphatic carbocycles. The Morgan fingerprint density at radius 1 is 1.00 bits per heavy atom. The van der Waals surface area contributed by atoms with Crippen molar-refractivity contribution in [2.45, 2.75) is 24.9 Å². The average Bonchev–Trinajstić information content (AvgIpc) is 3.36. The molecule has 4 aromatic rings. The standard InChI is InChI=1S/C29H23BrClN3O4S/c1-20-2-14-28(15-3-20)39(36,37)34(18-21-4-8-24(31)9-5-21)19-27-13-12-26(38-27)16-22(17-32)29(35)33-25-10-6-23(30)7-11-25/h2-16H,18-19H2,1H3,(H,33,35)/b22-16-. The molecule has 0 bridgehead atoms. The summed E-state index contributed by atoms with van der Waals surface area (Å²) < 4.78 is 35.2. The molecule has 0 spiro atoms. The molecule has 0 saturated carbocycles. The van der Waals surface area contributed by atoms with Crippen LogP contribution in [0.25, 0.3) is 6.08 Å². The predicted molar refractivity (Wildman–Crippen MR) is 154 cm³/mol. The second kappa shape index (κ2) is 12.5. The lowest BCUT2D eigenvalue weighted by Gasteiger charge is -2.21. The van der Waals surface area contributed by atoms with E-state index in [2.05, 4.69) is 21.2 Å². The fourth-order valence-corrected chi connectivity index (χ4v) is 5.42. The summed E-state index contributed by atoms with van der Waals surface area (Å²) in [6.45, 7) is 1.90. The van der Waals surface area contributed by atoms with Crippen LogP contribution in [-0.2, 0) is 27.9 Å². The first-order chi connectivity index (χ1) is 18.6. The number of anilines is 1. The first-order valence-electron chi connectivity index (χ1n) is 11.7. The molecule has 0 unspecified atom stereocenters. The molecule has 1 heterocycles. The highest BCUT2D eigenvalue weighted by Gasteiger charge is 2.26. The van der Waals surface area contributed by atoms with E-state index in [0.717, 1.165) is 15.6 Å². The highest BCUT2D eigenvalue weighted by molar-refractivity contribution is 9.10. The molecule has 1 N–H and O–H groups in total. The van der Waals surface area contributed by atoms with Crippen molar-refractivity contribution < 1.29 is 17.6 Å². The van der Waals surface area contributed by atoms with Gasteiger partial charge in [0.05, 0.1) is 11.4 Å². The van der Waals surface area contributed by atoms with E-state index >= 15 is 0 Å². The fraction of sp³-hybridized carbons (Fsp3) is 0.103. The largest absolute Gasteiger partial charge is 0.460 e. The summed E-state index contributed by atoms with van der Waals surface area (Å²) in [6, 6.07) is 25.6. The van der Waals surface area contributed by atoms with Gasteiger partial charge >= 0.3 is 0 Å². The Balaban J connectivity index is 1.57. The number of amides is 1. The number of nitrogens with zero attached hydrogens (tertiary/aromatic N) is 2. The molecule has 7 nitrogen and oxygen atoms in total. The number of nitriles is 1. The molecular formula is C29H23BrClN3O4S. The van der Waals surface area contributed by atoms with Gasteiger partial charge < -0.3 is 9.73 Å². The maximum absolute atomic E-state index is 13.6. The van der Waals surface area contributed by atoms with Gasteiger partial charge in [0.1, 0.15) is 23.2 Å². The number of carbonyl (C=O) groups excluding carboxylic acids is 1. The average molecular weight is 625 g/mol. The summed E-state index contributed by atoms with van der Waals surface area (Å²) in [7, 11) is -3.89. The summed E-state index contributed by atoms with van der Waals surface area (Å²) in [4.78, 5) is 12.8. The van der Waals surface area contributed by atoms with Crippen molar-refractivity contribution in [2.24, 2.45) is 0 Å². The van der Waals surface area contributed by atoms with E-state index in [1.165, 1.54) is 10.4 Å². The Bertz CT molecular complexity index is 1640. The predicted octanol–water partition coefficient (Wildman–Crippen LogP) is 6.94. The lowest BCUT2D eigenvalue weighted by Crippen LogP contribution is -2.30. The van der Waals surface area contributed by atoms with E-state index in [0.29, 0.717) is 16.5 Å². The number of hydrogen-bond donors (Lipinski definition) is 1. The van der Waals surface area contributed by atoms with E-state index in [1.807, 2.05) is 13.0 Å². The smallest absolute Gasteiger partial charge is 0.266 e. The van der Waals surface area contributed by atoms with E-state index < -0.39 is 15.9 Å². The Kier molecular flexibility index (Phi) is 9.04. The SMILES string of the molecule is Cc1ccc(S(=O)(=O)N(Cc2ccc(Cl)cc2)Cc2ccc(/C=C(/C#N)C(=O)Nc3ccc(Br)cc3)o2)cc1. The molecule has 1 aromatic heterocycles. The Morgan fingerprint density at radius 2 is 1.67 bits per heavy atom. The number of aryl methyl sites for hydroxylation is 1. The van der Waals surface area contributed by atoms with Crippen LogP contribution in [0.2, 0.25) is 5.02 Å². The Labute approximate surface area is 240 Å². The van der Waals surface area contributed by atoms with Gasteiger partial charge in [0.25, 0.3) is 5.91 Å². The molecule has 39 heavy (non-hydrogen) atoms. The van der Waals surface area contributed by atoms with Crippen LogP contribution >= 0.6 is 27.5 Å². The number of rotatable bonds is 9. The van der Waals surface area contributed by atoms with Crippen LogP contribution in [0.1, 0.15) is 22.6 Å². The summed E-state index contributed by atoms with van der Waals surface area (Å²) >= 11 is 9.33. The van der Waals surface area contributed by atoms with E-state index in [-0.39, 0.29) is 29.3 Å². The van der Waals surface area contributed by atoms with Crippen molar-refractivity contribution in [1.29, 1.82) is 5.26 Å². The number of benzene rings is 3. The normalized spacial score (nSPS) is 11.8. The molecule has 1 amide bonds. The van der Waals surface area contributed by atoms with Crippen LogP contribution in [0.5, 0.6) is 0 Å². The van der Waals surface area contributed by atoms with Gasteiger partial charge in [-0.1, -0.05) is 57.4 Å². The minimum atomic E-state index is -3.89. The molecule has 0 fully saturated rings. The quantitative estimate of drug-likeness (QED) is 0.161. The lowest BCUT2D eigenvalue weighted by molar-refractivity contribution is -0.112. The number of hydrogen-bond acceptors (Lipinski definition) is 5. The summed E-state index contributed by atoms with van der Waals surface area (Å²) in [6.07, 6.45) is 1.32. The Morgan fingerprint density at radius 3 is 2.31 bits per heavy atom. The Hall–Kier alpha value is -3.68. The molecule has 4 rings (SSSR count). The van der Waals surface area contributed by atoms with Gasteiger partial charge in [-0.15, -0.1) is 0 Å². The van der Waals surface area contributed by atoms with Crippen LogP contribution in [0.15, 0.2) is 104 Å².